The van der Waals surface area contributed by atoms with Crippen LogP contribution in [0.3, 0.4) is 0 Å². The Labute approximate surface area is 141 Å². The fourth-order valence-corrected chi connectivity index (χ4v) is 2.41. The Kier molecular flexibility index (Phi) is 9.38. The van der Waals surface area contributed by atoms with Gasteiger partial charge in [-0.25, -0.2) is 0 Å². The molecule has 0 spiro atoms. The van der Waals surface area contributed by atoms with Crippen LogP contribution in [0.25, 0.3) is 0 Å². The average Bonchev–Trinajstić information content (AvgIpc) is 2.51. The number of amides is 1. The number of carbonyl (C=O) groups is 1. The van der Waals surface area contributed by atoms with E-state index in [1.54, 1.807) is 0 Å². The van der Waals surface area contributed by atoms with Crippen LogP contribution in [-0.4, -0.2) is 18.0 Å². The molecular formula is C18H31ClN2O. The molecule has 0 saturated carbocycles. The fourth-order valence-electron chi connectivity index (χ4n) is 2.41. The molecule has 0 aliphatic rings. The summed E-state index contributed by atoms with van der Waals surface area (Å²) in [6, 6.07) is 8.47. The molecule has 0 aromatic heterocycles. The van der Waals surface area contributed by atoms with Crippen LogP contribution in [0.5, 0.6) is 0 Å². The van der Waals surface area contributed by atoms with Gasteiger partial charge < -0.3 is 11.1 Å². The number of halogens is 1. The maximum atomic E-state index is 12.2. The zero-order chi connectivity index (χ0) is 15.9. The summed E-state index contributed by atoms with van der Waals surface area (Å²) in [6.45, 7) is 8.90. The highest BCUT2D eigenvalue weighted by atomic mass is 35.5. The minimum absolute atomic E-state index is 0. The van der Waals surface area contributed by atoms with Gasteiger partial charge in [-0.05, 0) is 37.7 Å². The standard InChI is InChI=1S/C18H30N2O.ClH/c1-5-15(16-10-8-14(4)9-11-16)12-17(21)20-13-18(19,6-2)7-3;/h8-11,15H,5-7,12-13,19H2,1-4H3,(H,20,21);1H. The van der Waals surface area contributed by atoms with Crippen LogP contribution in [0.1, 0.15) is 63.5 Å². The molecule has 1 atom stereocenters. The monoisotopic (exact) mass is 326 g/mol. The number of benzene rings is 1. The zero-order valence-corrected chi connectivity index (χ0v) is 15.1. The lowest BCUT2D eigenvalue weighted by atomic mass is 9.91. The van der Waals surface area contributed by atoms with E-state index >= 15 is 0 Å². The van der Waals surface area contributed by atoms with Crippen molar-refractivity contribution in [3.05, 3.63) is 35.4 Å². The van der Waals surface area contributed by atoms with Crippen LogP contribution in [-0.2, 0) is 4.79 Å². The van der Waals surface area contributed by atoms with Crippen molar-refractivity contribution in [3.63, 3.8) is 0 Å². The summed E-state index contributed by atoms with van der Waals surface area (Å²) in [5.41, 5.74) is 8.43. The van der Waals surface area contributed by atoms with Gasteiger partial charge in [-0.3, -0.25) is 4.79 Å². The molecule has 0 aliphatic carbocycles. The number of aryl methyl sites for hydroxylation is 1. The van der Waals surface area contributed by atoms with Crippen LogP contribution in [0.15, 0.2) is 24.3 Å². The molecule has 4 heteroatoms. The van der Waals surface area contributed by atoms with Crippen molar-refractivity contribution in [3.8, 4) is 0 Å². The maximum Gasteiger partial charge on any atom is 0.220 e. The molecular weight excluding hydrogens is 296 g/mol. The molecule has 3 N–H and O–H groups in total. The number of nitrogens with two attached hydrogens (primary N) is 1. The van der Waals surface area contributed by atoms with Gasteiger partial charge in [0.25, 0.3) is 0 Å². The Hall–Kier alpha value is -1.06. The third-order valence-electron chi connectivity index (χ3n) is 4.52. The lowest BCUT2D eigenvalue weighted by Gasteiger charge is -2.27. The van der Waals surface area contributed by atoms with Gasteiger partial charge in [0.2, 0.25) is 5.91 Å². The SMILES string of the molecule is CCC(CC(=O)NCC(N)(CC)CC)c1ccc(C)cc1.Cl. The summed E-state index contributed by atoms with van der Waals surface area (Å²) in [4.78, 5) is 12.2. The molecule has 1 aromatic rings. The molecule has 22 heavy (non-hydrogen) atoms. The molecule has 0 bridgehead atoms. The van der Waals surface area contributed by atoms with Crippen molar-refractivity contribution in [2.75, 3.05) is 6.54 Å². The molecule has 3 nitrogen and oxygen atoms in total. The van der Waals surface area contributed by atoms with E-state index in [0.717, 1.165) is 19.3 Å². The lowest BCUT2D eigenvalue weighted by molar-refractivity contribution is -0.121. The van der Waals surface area contributed by atoms with E-state index in [9.17, 15) is 4.79 Å². The smallest absolute Gasteiger partial charge is 0.220 e. The molecule has 1 rings (SSSR count). The summed E-state index contributed by atoms with van der Waals surface area (Å²) >= 11 is 0. The van der Waals surface area contributed by atoms with Crippen LogP contribution >= 0.6 is 12.4 Å². The largest absolute Gasteiger partial charge is 0.354 e. The Bertz CT molecular complexity index is 441. The van der Waals surface area contributed by atoms with Gasteiger partial charge in [-0.15, -0.1) is 12.4 Å². The molecule has 0 fully saturated rings. The Morgan fingerprint density at radius 1 is 1.18 bits per heavy atom. The highest BCUT2D eigenvalue weighted by molar-refractivity contribution is 5.85. The first-order chi connectivity index (χ1) is 9.94. The van der Waals surface area contributed by atoms with Gasteiger partial charge >= 0.3 is 0 Å². The van der Waals surface area contributed by atoms with Crippen molar-refractivity contribution >= 4 is 18.3 Å². The first-order valence-electron chi connectivity index (χ1n) is 8.06. The summed E-state index contributed by atoms with van der Waals surface area (Å²) < 4.78 is 0. The molecule has 1 aromatic carbocycles. The first kappa shape index (κ1) is 20.9. The van der Waals surface area contributed by atoms with E-state index in [1.807, 2.05) is 0 Å². The van der Waals surface area contributed by atoms with Crippen molar-refractivity contribution in [1.29, 1.82) is 0 Å². The normalized spacial score (nSPS) is 12.4. The van der Waals surface area contributed by atoms with Crippen molar-refractivity contribution in [2.24, 2.45) is 5.73 Å². The molecule has 1 unspecified atom stereocenters. The van der Waals surface area contributed by atoms with Crippen molar-refractivity contribution < 1.29 is 4.79 Å². The summed E-state index contributed by atoms with van der Waals surface area (Å²) in [6.07, 6.45) is 3.24. The molecule has 1 amide bonds. The molecule has 0 saturated heterocycles. The van der Waals surface area contributed by atoms with E-state index in [1.165, 1.54) is 11.1 Å². The third kappa shape index (κ3) is 6.37. The van der Waals surface area contributed by atoms with Gasteiger partial charge in [0, 0.05) is 18.5 Å². The summed E-state index contributed by atoms with van der Waals surface area (Å²) in [5.74, 6) is 0.375. The third-order valence-corrected chi connectivity index (χ3v) is 4.52. The topological polar surface area (TPSA) is 55.1 Å². The van der Waals surface area contributed by atoms with Gasteiger partial charge in [0.15, 0.2) is 0 Å². The Balaban J connectivity index is 0.00000441. The fraction of sp³-hybridized carbons (Fsp3) is 0.611. The predicted octanol–water partition coefficient (Wildman–Crippen LogP) is 3.93. The second-order valence-electron chi connectivity index (χ2n) is 6.07. The maximum absolute atomic E-state index is 12.2. The number of hydrogen-bond donors (Lipinski definition) is 2. The summed E-state index contributed by atoms with van der Waals surface area (Å²) in [5, 5.41) is 3.01. The van der Waals surface area contributed by atoms with Gasteiger partial charge in [-0.2, -0.15) is 0 Å². The number of nitrogens with one attached hydrogen (secondary N) is 1. The van der Waals surface area contributed by atoms with E-state index in [-0.39, 0.29) is 29.8 Å². The van der Waals surface area contributed by atoms with E-state index in [2.05, 4.69) is 57.3 Å². The van der Waals surface area contributed by atoms with E-state index < -0.39 is 0 Å². The van der Waals surface area contributed by atoms with Gasteiger partial charge in [0.1, 0.15) is 0 Å². The number of rotatable bonds is 8. The van der Waals surface area contributed by atoms with E-state index in [4.69, 9.17) is 5.73 Å². The minimum atomic E-state index is -0.277. The molecule has 126 valence electrons. The second kappa shape index (κ2) is 9.86. The number of carbonyl (C=O) groups excluding carboxylic acids is 1. The highest BCUT2D eigenvalue weighted by Gasteiger charge is 2.22. The first-order valence-corrected chi connectivity index (χ1v) is 8.06. The molecule has 0 radical (unpaired) electrons. The quantitative estimate of drug-likeness (QED) is 0.760. The predicted molar refractivity (Wildman–Crippen MR) is 96.6 cm³/mol. The second-order valence-corrected chi connectivity index (χ2v) is 6.07. The van der Waals surface area contributed by atoms with Crippen LogP contribution in [0, 0.1) is 6.92 Å². The van der Waals surface area contributed by atoms with Gasteiger partial charge in [-0.1, -0.05) is 50.6 Å². The van der Waals surface area contributed by atoms with Crippen molar-refractivity contribution in [2.45, 2.75) is 64.8 Å². The van der Waals surface area contributed by atoms with Crippen LogP contribution < -0.4 is 11.1 Å². The zero-order valence-electron chi connectivity index (χ0n) is 14.3. The van der Waals surface area contributed by atoms with E-state index in [0.29, 0.717) is 13.0 Å². The van der Waals surface area contributed by atoms with Gasteiger partial charge in [0.05, 0.1) is 0 Å². The molecule has 0 aliphatic heterocycles. The van der Waals surface area contributed by atoms with Crippen LogP contribution in [0.4, 0.5) is 0 Å². The Morgan fingerprint density at radius 2 is 1.73 bits per heavy atom. The minimum Gasteiger partial charge on any atom is -0.354 e. The van der Waals surface area contributed by atoms with Crippen LogP contribution in [0.2, 0.25) is 0 Å². The molecule has 0 heterocycles. The average molecular weight is 327 g/mol. The van der Waals surface area contributed by atoms with Crippen molar-refractivity contribution in [1.82, 2.24) is 5.32 Å². The summed E-state index contributed by atoms with van der Waals surface area (Å²) in [7, 11) is 0. The lowest BCUT2D eigenvalue weighted by Crippen LogP contribution is -2.49. The number of hydrogen-bond acceptors (Lipinski definition) is 2. The Morgan fingerprint density at radius 3 is 2.18 bits per heavy atom. The highest BCUT2D eigenvalue weighted by Crippen LogP contribution is 2.23.